The number of rotatable bonds is 12. The van der Waals surface area contributed by atoms with Crippen molar-refractivity contribution in [2.45, 2.75) is 37.4 Å². The van der Waals surface area contributed by atoms with Gasteiger partial charge < -0.3 is 15.3 Å². The molecule has 5 heteroatoms. The first kappa shape index (κ1) is 28.7. The Morgan fingerprint density at radius 3 is 1.36 bits per heavy atom. The molecular weight excluding hydrogens is 522 g/mol. The van der Waals surface area contributed by atoms with Crippen molar-refractivity contribution in [1.82, 2.24) is 4.90 Å². The fourth-order valence-corrected chi connectivity index (χ4v) is 5.99. The third-order valence-corrected chi connectivity index (χ3v) is 7.85. The van der Waals surface area contributed by atoms with E-state index in [9.17, 15) is 20.1 Å². The molecule has 42 heavy (non-hydrogen) atoms. The highest BCUT2D eigenvalue weighted by Gasteiger charge is 2.48. The molecule has 0 unspecified atom stereocenters. The lowest BCUT2D eigenvalue weighted by Gasteiger charge is -2.45. The van der Waals surface area contributed by atoms with Gasteiger partial charge in [0.15, 0.2) is 11.5 Å². The molecule has 5 aromatic rings. The van der Waals surface area contributed by atoms with Gasteiger partial charge in [-0.25, -0.2) is 0 Å². The van der Waals surface area contributed by atoms with Gasteiger partial charge in [-0.2, -0.15) is 0 Å². The lowest BCUT2D eigenvalue weighted by Crippen LogP contribution is -2.57. The smallest absolute Gasteiger partial charge is 0.321 e. The minimum atomic E-state index is -1.04. The maximum Gasteiger partial charge on any atom is 0.321 e. The molecule has 0 radical (unpaired) electrons. The molecule has 5 nitrogen and oxygen atoms in total. The number of carboxylic acid groups (broad SMARTS) is 1. The number of nitrogens with zero attached hydrogens (tertiary/aromatic N) is 1. The predicted octanol–water partition coefficient (Wildman–Crippen LogP) is 6.98. The van der Waals surface area contributed by atoms with Crippen LogP contribution in [0, 0.1) is 0 Å². The van der Waals surface area contributed by atoms with Crippen LogP contribution in [0.3, 0.4) is 0 Å². The number of carbonyl (C=O) groups is 1. The number of benzene rings is 5. The average molecular weight is 558 g/mol. The Labute approximate surface area is 247 Å². The first-order chi connectivity index (χ1) is 20.4. The van der Waals surface area contributed by atoms with E-state index in [1.165, 1.54) is 12.1 Å². The van der Waals surface area contributed by atoms with Gasteiger partial charge in [-0.1, -0.05) is 127 Å². The minimum Gasteiger partial charge on any atom is -0.504 e. The quantitative estimate of drug-likeness (QED) is 0.144. The van der Waals surface area contributed by atoms with Crippen molar-refractivity contribution in [1.29, 1.82) is 0 Å². The fourth-order valence-electron chi connectivity index (χ4n) is 5.99. The summed E-state index contributed by atoms with van der Waals surface area (Å²) >= 11 is 0. The molecule has 0 spiro atoms. The third kappa shape index (κ3) is 6.70. The first-order valence-electron chi connectivity index (χ1n) is 14.1. The predicted molar refractivity (Wildman–Crippen MR) is 165 cm³/mol. The maximum atomic E-state index is 13.7. The molecule has 0 heterocycles. The number of phenolic OH excluding ortho intramolecular Hbond substituents is 2. The zero-order valence-corrected chi connectivity index (χ0v) is 23.4. The van der Waals surface area contributed by atoms with Gasteiger partial charge in [-0.05, 0) is 52.8 Å². The molecule has 5 rings (SSSR count). The summed E-state index contributed by atoms with van der Waals surface area (Å²) in [6.07, 6.45) is 0.786. The monoisotopic (exact) mass is 557 g/mol. The van der Waals surface area contributed by atoms with Gasteiger partial charge in [0.25, 0.3) is 0 Å². The SMILES string of the molecule is O=C(O)[C@@H](N(Cc1ccccc1)Cc1ccccc1)C(Cc1ccccc1)(Cc1ccccc1)c1ccc(O)c(O)c1. The first-order valence-corrected chi connectivity index (χ1v) is 14.1. The van der Waals surface area contributed by atoms with Crippen molar-refractivity contribution in [2.24, 2.45) is 0 Å². The van der Waals surface area contributed by atoms with Crippen molar-refractivity contribution in [3.05, 3.63) is 167 Å². The van der Waals surface area contributed by atoms with Gasteiger partial charge >= 0.3 is 5.97 Å². The fraction of sp³-hybridized carbons (Fsp3) is 0.162. The molecule has 0 aliphatic rings. The molecular formula is C37H35NO4. The Morgan fingerprint density at radius 2 is 0.976 bits per heavy atom. The summed E-state index contributed by atoms with van der Waals surface area (Å²) in [7, 11) is 0. The lowest BCUT2D eigenvalue weighted by molar-refractivity contribution is -0.147. The molecule has 0 saturated heterocycles. The van der Waals surface area contributed by atoms with Gasteiger partial charge in [-0.15, -0.1) is 0 Å². The average Bonchev–Trinajstić information content (AvgIpc) is 3.00. The van der Waals surface area contributed by atoms with Crippen LogP contribution in [0.15, 0.2) is 140 Å². The molecule has 3 N–H and O–H groups in total. The number of hydrogen-bond acceptors (Lipinski definition) is 4. The van der Waals surface area contributed by atoms with Crippen LogP contribution in [-0.2, 0) is 36.1 Å². The third-order valence-electron chi connectivity index (χ3n) is 7.85. The standard InChI is InChI=1S/C37H35NO4/c39-33-22-21-32(23-34(33)40)37(24-28-13-5-1-6-14-28,25-29-15-7-2-8-16-29)35(36(41)42)38(26-30-17-9-3-10-18-30)27-31-19-11-4-12-20-31/h1-23,35,39-40H,24-27H2,(H,41,42)/t35-/m1/s1. The Hall–Kier alpha value is -4.87. The van der Waals surface area contributed by atoms with Gasteiger partial charge in [0.2, 0.25) is 0 Å². The maximum absolute atomic E-state index is 13.7. The van der Waals surface area contributed by atoms with Gasteiger partial charge in [0.1, 0.15) is 6.04 Å². The summed E-state index contributed by atoms with van der Waals surface area (Å²) < 4.78 is 0. The van der Waals surface area contributed by atoms with E-state index in [0.717, 1.165) is 22.3 Å². The highest BCUT2D eigenvalue weighted by atomic mass is 16.4. The van der Waals surface area contributed by atoms with E-state index in [4.69, 9.17) is 0 Å². The van der Waals surface area contributed by atoms with Gasteiger partial charge in [0.05, 0.1) is 0 Å². The molecule has 0 amide bonds. The summed E-state index contributed by atoms with van der Waals surface area (Å²) in [6, 6.07) is 43.3. The summed E-state index contributed by atoms with van der Waals surface area (Å²) in [5.41, 5.74) is 3.56. The van der Waals surface area contributed by atoms with Gasteiger partial charge in [0, 0.05) is 18.5 Å². The van der Waals surface area contributed by atoms with Crippen LogP contribution in [0.1, 0.15) is 27.8 Å². The summed E-state index contributed by atoms with van der Waals surface area (Å²) in [5, 5.41) is 32.2. The van der Waals surface area contributed by atoms with E-state index in [-0.39, 0.29) is 11.5 Å². The van der Waals surface area contributed by atoms with Gasteiger partial charge in [-0.3, -0.25) is 9.69 Å². The molecule has 1 atom stereocenters. The van der Waals surface area contributed by atoms with Crippen LogP contribution < -0.4 is 0 Å². The zero-order valence-electron chi connectivity index (χ0n) is 23.4. The number of aliphatic carboxylic acids is 1. The largest absolute Gasteiger partial charge is 0.504 e. The van der Waals surface area contributed by atoms with Crippen LogP contribution in [-0.4, -0.2) is 32.2 Å². The van der Waals surface area contributed by atoms with Crippen molar-refractivity contribution < 1.29 is 20.1 Å². The Morgan fingerprint density at radius 1 is 0.571 bits per heavy atom. The van der Waals surface area contributed by atoms with E-state index in [0.29, 0.717) is 31.5 Å². The minimum absolute atomic E-state index is 0.246. The second-order valence-corrected chi connectivity index (χ2v) is 10.8. The molecule has 5 aromatic carbocycles. The van der Waals surface area contributed by atoms with Crippen LogP contribution >= 0.6 is 0 Å². The molecule has 0 aliphatic heterocycles. The summed E-state index contributed by atoms with van der Waals surface area (Å²) in [5.74, 6) is -1.48. The molecule has 0 aliphatic carbocycles. The van der Waals surface area contributed by atoms with Crippen molar-refractivity contribution in [2.75, 3.05) is 0 Å². The molecule has 0 aromatic heterocycles. The van der Waals surface area contributed by atoms with E-state index >= 15 is 0 Å². The van der Waals surface area contributed by atoms with Crippen molar-refractivity contribution in [3.8, 4) is 11.5 Å². The second-order valence-electron chi connectivity index (χ2n) is 10.8. The van der Waals surface area contributed by atoms with Crippen molar-refractivity contribution in [3.63, 3.8) is 0 Å². The number of hydrogen-bond donors (Lipinski definition) is 3. The highest BCUT2D eigenvalue weighted by Crippen LogP contribution is 2.42. The lowest BCUT2D eigenvalue weighted by atomic mass is 9.65. The number of phenols is 2. The van der Waals surface area contributed by atoms with Crippen LogP contribution in [0.2, 0.25) is 0 Å². The van der Waals surface area contributed by atoms with E-state index in [1.807, 2.05) is 126 Å². The van der Waals surface area contributed by atoms with E-state index in [1.54, 1.807) is 6.07 Å². The van der Waals surface area contributed by atoms with E-state index < -0.39 is 17.4 Å². The molecule has 0 bridgehead atoms. The van der Waals surface area contributed by atoms with Crippen LogP contribution in [0.4, 0.5) is 0 Å². The van der Waals surface area contributed by atoms with Crippen molar-refractivity contribution >= 4 is 5.97 Å². The summed E-state index contributed by atoms with van der Waals surface area (Å²) in [4.78, 5) is 15.8. The van der Waals surface area contributed by atoms with E-state index in [2.05, 4.69) is 0 Å². The Bertz CT molecular complexity index is 1490. The van der Waals surface area contributed by atoms with Crippen LogP contribution in [0.25, 0.3) is 0 Å². The summed E-state index contributed by atoms with van der Waals surface area (Å²) in [6.45, 7) is 0.810. The normalized spacial score (nSPS) is 12.2. The Kier molecular flexibility index (Phi) is 9.00. The molecule has 0 fully saturated rings. The Balaban J connectivity index is 1.75. The highest BCUT2D eigenvalue weighted by molar-refractivity contribution is 5.77. The molecule has 0 saturated carbocycles. The topological polar surface area (TPSA) is 81.0 Å². The number of aromatic hydroxyl groups is 2. The second kappa shape index (κ2) is 13.2. The molecule has 212 valence electrons. The van der Waals surface area contributed by atoms with Crippen LogP contribution in [0.5, 0.6) is 11.5 Å². The number of carboxylic acids is 1. The zero-order chi connectivity index (χ0) is 29.4.